The monoisotopic (exact) mass is 249 g/mol. The third kappa shape index (κ3) is 1.96. The molecular weight excluding hydrogens is 226 g/mol. The van der Waals surface area contributed by atoms with Crippen LogP contribution in [0.25, 0.3) is 0 Å². The summed E-state index contributed by atoms with van der Waals surface area (Å²) in [5.74, 6) is 2.39. The van der Waals surface area contributed by atoms with Gasteiger partial charge in [0.15, 0.2) is 5.82 Å². The van der Waals surface area contributed by atoms with Crippen LogP contribution in [-0.2, 0) is 6.61 Å². The van der Waals surface area contributed by atoms with Crippen LogP contribution in [0.3, 0.4) is 0 Å². The van der Waals surface area contributed by atoms with Gasteiger partial charge in [0.2, 0.25) is 0 Å². The lowest BCUT2D eigenvalue weighted by Crippen LogP contribution is -2.28. The summed E-state index contributed by atoms with van der Waals surface area (Å²) in [6, 6.07) is 0.551. The molecule has 1 N–H and O–H groups in total. The van der Waals surface area contributed by atoms with Crippen LogP contribution in [0.15, 0.2) is 0 Å². The van der Waals surface area contributed by atoms with Gasteiger partial charge in [-0.3, -0.25) is 0 Å². The van der Waals surface area contributed by atoms with Crippen LogP contribution in [-0.4, -0.2) is 19.9 Å². The van der Waals surface area contributed by atoms with Crippen molar-refractivity contribution in [2.75, 3.05) is 0 Å². The Hall–Kier alpha value is -0.900. The van der Waals surface area contributed by atoms with E-state index in [1.165, 1.54) is 38.5 Å². The Labute approximate surface area is 108 Å². The smallest absolute Gasteiger partial charge is 0.159 e. The molecule has 0 amide bonds. The van der Waals surface area contributed by atoms with E-state index in [1.54, 1.807) is 0 Å². The Morgan fingerprint density at radius 3 is 2.61 bits per heavy atom. The van der Waals surface area contributed by atoms with Crippen molar-refractivity contribution in [2.24, 2.45) is 5.41 Å². The van der Waals surface area contributed by atoms with Crippen LogP contribution in [0.4, 0.5) is 0 Å². The molecule has 0 saturated heterocycles. The number of nitrogens with zero attached hydrogens (tertiary/aromatic N) is 3. The van der Waals surface area contributed by atoms with Crippen LogP contribution in [0.2, 0.25) is 0 Å². The average Bonchev–Trinajstić information content (AvgIpc) is 3.09. The summed E-state index contributed by atoms with van der Waals surface area (Å²) in [4.78, 5) is 0. The first-order chi connectivity index (χ1) is 8.63. The summed E-state index contributed by atoms with van der Waals surface area (Å²) in [5, 5.41) is 18.0. The number of aromatic nitrogens is 3. The SMILES string of the molecule is CC1(C)CCCCC1c1nnc(CO)n1C1CC1. The topological polar surface area (TPSA) is 50.9 Å². The van der Waals surface area contributed by atoms with Crippen molar-refractivity contribution < 1.29 is 5.11 Å². The Bertz CT molecular complexity index is 434. The van der Waals surface area contributed by atoms with E-state index in [0.717, 1.165) is 11.6 Å². The summed E-state index contributed by atoms with van der Waals surface area (Å²) in [6.07, 6.45) is 7.53. The fourth-order valence-corrected chi connectivity index (χ4v) is 3.39. The summed E-state index contributed by atoms with van der Waals surface area (Å²) in [7, 11) is 0. The van der Waals surface area contributed by atoms with Gasteiger partial charge in [-0.1, -0.05) is 26.7 Å². The molecule has 2 saturated carbocycles. The molecule has 0 bridgehead atoms. The van der Waals surface area contributed by atoms with Crippen LogP contribution >= 0.6 is 0 Å². The van der Waals surface area contributed by atoms with Gasteiger partial charge in [-0.05, 0) is 31.1 Å². The fraction of sp³-hybridized carbons (Fsp3) is 0.857. The van der Waals surface area contributed by atoms with E-state index in [4.69, 9.17) is 0 Å². The first-order valence-electron chi connectivity index (χ1n) is 7.18. The summed E-state index contributed by atoms with van der Waals surface area (Å²) in [5.41, 5.74) is 0.310. The van der Waals surface area contributed by atoms with Crippen molar-refractivity contribution in [1.82, 2.24) is 14.8 Å². The standard InChI is InChI=1S/C14H23N3O/c1-14(2)8-4-3-5-11(14)13-16-15-12(9-18)17(13)10-6-7-10/h10-11,18H,3-9H2,1-2H3. The molecule has 1 atom stereocenters. The minimum atomic E-state index is 0.0106. The van der Waals surface area contributed by atoms with E-state index in [0.29, 0.717) is 17.4 Å². The highest BCUT2D eigenvalue weighted by molar-refractivity contribution is 5.11. The third-order valence-corrected chi connectivity index (χ3v) is 4.67. The molecule has 4 nitrogen and oxygen atoms in total. The maximum atomic E-state index is 9.41. The Morgan fingerprint density at radius 1 is 1.22 bits per heavy atom. The first kappa shape index (κ1) is 12.2. The number of aliphatic hydroxyl groups excluding tert-OH is 1. The normalized spacial score (nSPS) is 27.4. The zero-order valence-electron chi connectivity index (χ0n) is 11.4. The number of rotatable bonds is 3. The molecule has 0 spiro atoms. The lowest BCUT2D eigenvalue weighted by Gasteiger charge is -2.38. The molecular formula is C14H23N3O. The van der Waals surface area contributed by atoms with E-state index >= 15 is 0 Å². The molecule has 1 aromatic rings. The van der Waals surface area contributed by atoms with E-state index in [2.05, 4.69) is 28.6 Å². The maximum Gasteiger partial charge on any atom is 0.159 e. The minimum Gasteiger partial charge on any atom is -0.388 e. The molecule has 100 valence electrons. The Balaban J connectivity index is 1.97. The van der Waals surface area contributed by atoms with Gasteiger partial charge in [-0.15, -0.1) is 10.2 Å². The fourth-order valence-electron chi connectivity index (χ4n) is 3.39. The quantitative estimate of drug-likeness (QED) is 0.896. The molecule has 2 aliphatic rings. The second-order valence-corrected chi connectivity index (χ2v) is 6.52. The van der Waals surface area contributed by atoms with Crippen molar-refractivity contribution in [3.05, 3.63) is 11.6 Å². The van der Waals surface area contributed by atoms with Gasteiger partial charge < -0.3 is 9.67 Å². The molecule has 2 fully saturated rings. The van der Waals surface area contributed by atoms with Gasteiger partial charge >= 0.3 is 0 Å². The molecule has 2 aliphatic carbocycles. The second kappa shape index (κ2) is 4.34. The number of hydrogen-bond donors (Lipinski definition) is 1. The minimum absolute atomic E-state index is 0.0106. The first-order valence-corrected chi connectivity index (χ1v) is 7.18. The Morgan fingerprint density at radius 2 is 2.00 bits per heavy atom. The van der Waals surface area contributed by atoms with Gasteiger partial charge in [-0.2, -0.15) is 0 Å². The van der Waals surface area contributed by atoms with E-state index < -0.39 is 0 Å². The van der Waals surface area contributed by atoms with Gasteiger partial charge in [0.1, 0.15) is 12.4 Å². The zero-order valence-corrected chi connectivity index (χ0v) is 11.4. The molecule has 0 aromatic carbocycles. The van der Waals surface area contributed by atoms with Crippen LogP contribution in [0, 0.1) is 5.41 Å². The molecule has 1 unspecified atom stereocenters. The van der Waals surface area contributed by atoms with Gasteiger partial charge in [0, 0.05) is 12.0 Å². The summed E-state index contributed by atoms with van der Waals surface area (Å²) < 4.78 is 2.23. The predicted octanol–water partition coefficient (Wildman–Crippen LogP) is 2.79. The van der Waals surface area contributed by atoms with Gasteiger partial charge in [0.25, 0.3) is 0 Å². The molecule has 3 rings (SSSR count). The lowest BCUT2D eigenvalue weighted by molar-refractivity contribution is 0.187. The third-order valence-electron chi connectivity index (χ3n) is 4.67. The van der Waals surface area contributed by atoms with Gasteiger partial charge in [-0.25, -0.2) is 0 Å². The maximum absolute atomic E-state index is 9.41. The van der Waals surface area contributed by atoms with Crippen molar-refractivity contribution in [3.63, 3.8) is 0 Å². The largest absolute Gasteiger partial charge is 0.388 e. The lowest BCUT2D eigenvalue weighted by atomic mass is 9.68. The Kier molecular flexibility index (Phi) is 2.93. The van der Waals surface area contributed by atoms with Crippen LogP contribution < -0.4 is 0 Å². The molecule has 0 aliphatic heterocycles. The molecule has 18 heavy (non-hydrogen) atoms. The molecule has 1 aromatic heterocycles. The number of aliphatic hydroxyl groups is 1. The van der Waals surface area contributed by atoms with E-state index in [9.17, 15) is 5.11 Å². The highest BCUT2D eigenvalue weighted by atomic mass is 16.3. The van der Waals surface area contributed by atoms with Crippen LogP contribution in [0.1, 0.15) is 76.0 Å². The summed E-state index contributed by atoms with van der Waals surface area (Å²) >= 11 is 0. The summed E-state index contributed by atoms with van der Waals surface area (Å²) in [6.45, 7) is 4.71. The van der Waals surface area contributed by atoms with Crippen molar-refractivity contribution in [2.45, 2.75) is 70.9 Å². The van der Waals surface area contributed by atoms with E-state index in [-0.39, 0.29) is 6.61 Å². The van der Waals surface area contributed by atoms with Crippen molar-refractivity contribution in [1.29, 1.82) is 0 Å². The predicted molar refractivity (Wildman–Crippen MR) is 69.2 cm³/mol. The number of hydrogen-bond acceptors (Lipinski definition) is 3. The molecule has 0 radical (unpaired) electrons. The van der Waals surface area contributed by atoms with Crippen LogP contribution in [0.5, 0.6) is 0 Å². The van der Waals surface area contributed by atoms with Crippen molar-refractivity contribution >= 4 is 0 Å². The van der Waals surface area contributed by atoms with E-state index in [1.807, 2.05) is 0 Å². The highest BCUT2D eigenvalue weighted by Crippen LogP contribution is 2.48. The van der Waals surface area contributed by atoms with Gasteiger partial charge in [0.05, 0.1) is 0 Å². The zero-order chi connectivity index (χ0) is 12.8. The molecule has 4 heteroatoms. The highest BCUT2D eigenvalue weighted by Gasteiger charge is 2.39. The van der Waals surface area contributed by atoms with Crippen molar-refractivity contribution in [3.8, 4) is 0 Å². The molecule has 1 heterocycles. The average molecular weight is 249 g/mol. The second-order valence-electron chi connectivity index (χ2n) is 6.52.